The number of hydrogen-bond acceptors (Lipinski definition) is 2. The van der Waals surface area contributed by atoms with Gasteiger partial charge in [-0.3, -0.25) is 0 Å². The van der Waals surface area contributed by atoms with Crippen LogP contribution in [0.25, 0.3) is 0 Å². The van der Waals surface area contributed by atoms with Gasteiger partial charge in [0.05, 0.1) is 12.7 Å². The van der Waals surface area contributed by atoms with Crippen LogP contribution in [0.1, 0.15) is 23.7 Å². The average molecular weight is 164 g/mol. The van der Waals surface area contributed by atoms with Crippen LogP contribution in [0.5, 0.6) is 5.75 Å². The zero-order chi connectivity index (χ0) is 8.55. The van der Waals surface area contributed by atoms with Crippen LogP contribution in [0.3, 0.4) is 0 Å². The number of ether oxygens (including phenoxy) is 1. The molecule has 1 aromatic rings. The molecule has 0 saturated carbocycles. The molecule has 64 valence electrons. The molecule has 1 aromatic carbocycles. The first kappa shape index (κ1) is 7.62. The molecule has 2 heteroatoms. The highest BCUT2D eigenvalue weighted by atomic mass is 16.5. The van der Waals surface area contributed by atoms with Crippen molar-refractivity contribution >= 4 is 0 Å². The summed E-state index contributed by atoms with van der Waals surface area (Å²) in [6, 6.07) is 5.91. The van der Waals surface area contributed by atoms with E-state index in [1.165, 1.54) is 5.56 Å². The van der Waals surface area contributed by atoms with Gasteiger partial charge in [-0.15, -0.1) is 0 Å². The van der Waals surface area contributed by atoms with Crippen LogP contribution in [0.4, 0.5) is 0 Å². The average Bonchev–Trinajstić information content (AvgIpc) is 2.04. The minimum atomic E-state index is -0.339. The highest BCUT2D eigenvalue weighted by Gasteiger charge is 2.18. The van der Waals surface area contributed by atoms with Gasteiger partial charge in [-0.25, -0.2) is 0 Å². The van der Waals surface area contributed by atoms with E-state index >= 15 is 0 Å². The molecular weight excluding hydrogens is 152 g/mol. The number of hydrogen-bond donors (Lipinski definition) is 1. The Morgan fingerprint density at radius 1 is 1.50 bits per heavy atom. The molecule has 1 aliphatic rings. The predicted octanol–water partition coefficient (Wildman–Crippen LogP) is 1.81. The van der Waals surface area contributed by atoms with Crippen molar-refractivity contribution in [3.05, 3.63) is 29.3 Å². The zero-order valence-corrected chi connectivity index (χ0v) is 7.08. The molecule has 0 fully saturated rings. The van der Waals surface area contributed by atoms with E-state index in [1.807, 2.05) is 25.1 Å². The fourth-order valence-electron chi connectivity index (χ4n) is 1.48. The summed E-state index contributed by atoms with van der Waals surface area (Å²) in [5, 5.41) is 9.57. The van der Waals surface area contributed by atoms with E-state index in [4.69, 9.17) is 4.74 Å². The minimum Gasteiger partial charge on any atom is -0.493 e. The number of benzene rings is 1. The maximum Gasteiger partial charge on any atom is 0.125 e. The van der Waals surface area contributed by atoms with E-state index in [0.717, 1.165) is 11.3 Å². The highest BCUT2D eigenvalue weighted by Crippen LogP contribution is 2.32. The Balaban J connectivity index is 2.46. The number of aliphatic hydroxyl groups excluding tert-OH is 1. The number of fused-ring (bicyclic) bond motifs is 1. The second kappa shape index (κ2) is 2.79. The van der Waals surface area contributed by atoms with Crippen LogP contribution in [0.15, 0.2) is 18.2 Å². The van der Waals surface area contributed by atoms with Gasteiger partial charge in [-0.05, 0) is 18.6 Å². The fourth-order valence-corrected chi connectivity index (χ4v) is 1.48. The van der Waals surface area contributed by atoms with Crippen molar-refractivity contribution in [1.29, 1.82) is 0 Å². The Morgan fingerprint density at radius 2 is 2.33 bits per heavy atom. The fraction of sp³-hybridized carbons (Fsp3) is 0.400. The van der Waals surface area contributed by atoms with Crippen LogP contribution in [0.2, 0.25) is 0 Å². The predicted molar refractivity (Wildman–Crippen MR) is 46.3 cm³/mol. The van der Waals surface area contributed by atoms with Crippen LogP contribution < -0.4 is 4.74 Å². The molecule has 2 nitrogen and oxygen atoms in total. The zero-order valence-electron chi connectivity index (χ0n) is 7.08. The molecule has 0 bridgehead atoms. The minimum absolute atomic E-state index is 0.339. The number of aliphatic hydroxyl groups is 1. The van der Waals surface area contributed by atoms with Gasteiger partial charge in [0.25, 0.3) is 0 Å². The first-order valence-corrected chi connectivity index (χ1v) is 4.19. The Hall–Kier alpha value is -1.02. The summed E-state index contributed by atoms with van der Waals surface area (Å²) in [6.07, 6.45) is 0.366. The maximum absolute atomic E-state index is 9.57. The van der Waals surface area contributed by atoms with Gasteiger partial charge < -0.3 is 9.84 Å². The topological polar surface area (TPSA) is 29.5 Å². The molecule has 2 rings (SSSR count). The summed E-state index contributed by atoms with van der Waals surface area (Å²) >= 11 is 0. The molecule has 0 radical (unpaired) electrons. The van der Waals surface area contributed by atoms with Gasteiger partial charge in [-0.2, -0.15) is 0 Å². The van der Waals surface area contributed by atoms with Crippen molar-refractivity contribution in [1.82, 2.24) is 0 Å². The second-order valence-electron chi connectivity index (χ2n) is 3.19. The summed E-state index contributed by atoms with van der Waals surface area (Å²) < 4.78 is 5.41. The second-order valence-corrected chi connectivity index (χ2v) is 3.19. The van der Waals surface area contributed by atoms with Gasteiger partial charge in [0.2, 0.25) is 0 Å². The first-order chi connectivity index (χ1) is 5.77. The van der Waals surface area contributed by atoms with Crippen molar-refractivity contribution in [3.63, 3.8) is 0 Å². The Labute approximate surface area is 71.8 Å². The van der Waals surface area contributed by atoms with Crippen LogP contribution in [-0.2, 0) is 0 Å². The van der Waals surface area contributed by atoms with Crippen molar-refractivity contribution in [2.75, 3.05) is 6.61 Å². The maximum atomic E-state index is 9.57. The first-order valence-electron chi connectivity index (χ1n) is 4.19. The van der Waals surface area contributed by atoms with E-state index in [-0.39, 0.29) is 6.10 Å². The van der Waals surface area contributed by atoms with Crippen molar-refractivity contribution < 1.29 is 9.84 Å². The normalized spacial score (nSPS) is 21.3. The van der Waals surface area contributed by atoms with Crippen molar-refractivity contribution in [3.8, 4) is 5.75 Å². The van der Waals surface area contributed by atoms with Gasteiger partial charge in [0.1, 0.15) is 5.75 Å². The van der Waals surface area contributed by atoms with E-state index in [1.54, 1.807) is 0 Å². The molecule has 0 amide bonds. The molecular formula is C10H12O2. The Bertz CT molecular complexity index is 294. The molecule has 1 atom stereocenters. The summed E-state index contributed by atoms with van der Waals surface area (Å²) in [6.45, 7) is 2.64. The molecule has 12 heavy (non-hydrogen) atoms. The van der Waals surface area contributed by atoms with Crippen LogP contribution in [-0.4, -0.2) is 11.7 Å². The van der Waals surface area contributed by atoms with E-state index < -0.39 is 0 Å². The van der Waals surface area contributed by atoms with Gasteiger partial charge in [-0.1, -0.05) is 12.1 Å². The SMILES string of the molecule is Cc1ccc2c(c1)OCC[C@H]2O. The molecule has 1 aliphatic heterocycles. The quantitative estimate of drug-likeness (QED) is 0.633. The Morgan fingerprint density at radius 3 is 3.17 bits per heavy atom. The third-order valence-corrected chi connectivity index (χ3v) is 2.18. The van der Waals surface area contributed by atoms with E-state index in [2.05, 4.69) is 0 Å². The lowest BCUT2D eigenvalue weighted by Crippen LogP contribution is -2.13. The number of aryl methyl sites for hydroxylation is 1. The number of rotatable bonds is 0. The molecule has 0 aliphatic carbocycles. The molecule has 1 N–H and O–H groups in total. The van der Waals surface area contributed by atoms with E-state index in [0.29, 0.717) is 13.0 Å². The summed E-state index contributed by atoms with van der Waals surface area (Å²) in [5.41, 5.74) is 2.09. The summed E-state index contributed by atoms with van der Waals surface area (Å²) in [7, 11) is 0. The van der Waals surface area contributed by atoms with Crippen molar-refractivity contribution in [2.45, 2.75) is 19.4 Å². The Kier molecular flexibility index (Phi) is 1.77. The largest absolute Gasteiger partial charge is 0.493 e. The third-order valence-electron chi connectivity index (χ3n) is 2.18. The van der Waals surface area contributed by atoms with Crippen LogP contribution >= 0.6 is 0 Å². The lowest BCUT2D eigenvalue weighted by molar-refractivity contribution is 0.115. The summed E-state index contributed by atoms with van der Waals surface area (Å²) in [5.74, 6) is 0.841. The monoisotopic (exact) mass is 164 g/mol. The lowest BCUT2D eigenvalue weighted by atomic mass is 10.0. The smallest absolute Gasteiger partial charge is 0.125 e. The van der Waals surface area contributed by atoms with E-state index in [9.17, 15) is 5.11 Å². The standard InChI is InChI=1S/C10H12O2/c1-7-2-3-8-9(11)4-5-12-10(8)6-7/h2-3,6,9,11H,4-5H2,1H3/t9-/m1/s1. The van der Waals surface area contributed by atoms with Crippen molar-refractivity contribution in [2.24, 2.45) is 0 Å². The molecule has 0 unspecified atom stereocenters. The molecule has 1 heterocycles. The molecule has 0 saturated heterocycles. The highest BCUT2D eigenvalue weighted by molar-refractivity contribution is 5.39. The third kappa shape index (κ3) is 1.18. The van der Waals surface area contributed by atoms with Gasteiger partial charge in [0.15, 0.2) is 0 Å². The molecule has 0 aromatic heterocycles. The molecule has 0 spiro atoms. The van der Waals surface area contributed by atoms with Gasteiger partial charge >= 0.3 is 0 Å². The van der Waals surface area contributed by atoms with Crippen LogP contribution in [0, 0.1) is 6.92 Å². The summed E-state index contributed by atoms with van der Waals surface area (Å²) in [4.78, 5) is 0. The lowest BCUT2D eigenvalue weighted by Gasteiger charge is -2.22. The van der Waals surface area contributed by atoms with Gasteiger partial charge in [0, 0.05) is 12.0 Å².